The van der Waals surface area contributed by atoms with Crippen molar-refractivity contribution in [2.75, 3.05) is 31.6 Å². The van der Waals surface area contributed by atoms with Gasteiger partial charge in [0, 0.05) is 31.4 Å². The van der Waals surface area contributed by atoms with Gasteiger partial charge in [-0.3, -0.25) is 15.0 Å². The molecule has 3 N–H and O–H groups in total. The topological polar surface area (TPSA) is 105 Å². The number of hydrogen-bond acceptors (Lipinski definition) is 6. The SMILES string of the molecule is COC(=O)c1ccc(N2CCN(C(C(=O)NC(N)=O)c3ccccc3)C(C)C2)cc1. The van der Waals surface area contributed by atoms with Gasteiger partial charge < -0.3 is 15.4 Å². The number of anilines is 1. The van der Waals surface area contributed by atoms with Gasteiger partial charge in [0.15, 0.2) is 0 Å². The zero-order valence-corrected chi connectivity index (χ0v) is 17.1. The molecule has 0 aliphatic carbocycles. The molecule has 3 amide bonds. The quantitative estimate of drug-likeness (QED) is 0.730. The van der Waals surface area contributed by atoms with E-state index < -0.39 is 18.0 Å². The second kappa shape index (κ2) is 9.41. The zero-order valence-electron chi connectivity index (χ0n) is 17.1. The Morgan fingerprint density at radius 2 is 1.73 bits per heavy atom. The predicted octanol–water partition coefficient (Wildman–Crippen LogP) is 1.92. The molecule has 3 rings (SSSR count). The highest BCUT2D eigenvalue weighted by Crippen LogP contribution is 2.28. The molecular formula is C22H26N4O4. The number of rotatable bonds is 5. The number of nitrogens with one attached hydrogen (secondary N) is 1. The molecule has 2 atom stereocenters. The van der Waals surface area contributed by atoms with E-state index in [1.807, 2.05) is 49.4 Å². The number of amides is 3. The van der Waals surface area contributed by atoms with Gasteiger partial charge in [0.25, 0.3) is 0 Å². The maximum absolute atomic E-state index is 12.8. The van der Waals surface area contributed by atoms with Crippen LogP contribution in [0.4, 0.5) is 10.5 Å². The first-order valence-corrected chi connectivity index (χ1v) is 9.75. The summed E-state index contributed by atoms with van der Waals surface area (Å²) in [5.41, 5.74) is 7.48. The lowest BCUT2D eigenvalue weighted by molar-refractivity contribution is -0.126. The van der Waals surface area contributed by atoms with Crippen molar-refractivity contribution in [3.8, 4) is 0 Å². The van der Waals surface area contributed by atoms with Crippen molar-refractivity contribution in [1.29, 1.82) is 0 Å². The molecule has 2 aromatic rings. The lowest BCUT2D eigenvalue weighted by Crippen LogP contribution is -2.56. The normalized spacial score (nSPS) is 17.8. The van der Waals surface area contributed by atoms with Crippen LogP contribution >= 0.6 is 0 Å². The maximum atomic E-state index is 12.8. The number of nitrogens with two attached hydrogens (primary N) is 1. The van der Waals surface area contributed by atoms with Gasteiger partial charge in [-0.15, -0.1) is 0 Å². The minimum absolute atomic E-state index is 0.0304. The maximum Gasteiger partial charge on any atom is 0.337 e. The Morgan fingerprint density at radius 1 is 1.07 bits per heavy atom. The fraction of sp³-hybridized carbons (Fsp3) is 0.318. The molecule has 1 saturated heterocycles. The first-order chi connectivity index (χ1) is 14.4. The smallest absolute Gasteiger partial charge is 0.337 e. The summed E-state index contributed by atoms with van der Waals surface area (Å²) in [6.45, 7) is 4.04. The number of methoxy groups -OCH3 is 1. The Hall–Kier alpha value is -3.39. The van der Waals surface area contributed by atoms with E-state index in [1.165, 1.54) is 7.11 Å². The third kappa shape index (κ3) is 4.77. The molecule has 0 aromatic heterocycles. The van der Waals surface area contributed by atoms with Crippen LogP contribution in [0.1, 0.15) is 28.9 Å². The van der Waals surface area contributed by atoms with E-state index in [0.717, 1.165) is 11.3 Å². The molecule has 1 fully saturated rings. The second-order valence-corrected chi connectivity index (χ2v) is 7.24. The summed E-state index contributed by atoms with van der Waals surface area (Å²) in [6, 6.07) is 15.2. The molecule has 2 unspecified atom stereocenters. The molecule has 8 nitrogen and oxygen atoms in total. The van der Waals surface area contributed by atoms with Gasteiger partial charge in [0.2, 0.25) is 5.91 Å². The summed E-state index contributed by atoms with van der Waals surface area (Å²) in [4.78, 5) is 40.0. The van der Waals surface area contributed by atoms with Crippen molar-refractivity contribution >= 4 is 23.6 Å². The number of urea groups is 1. The van der Waals surface area contributed by atoms with Gasteiger partial charge in [-0.25, -0.2) is 9.59 Å². The van der Waals surface area contributed by atoms with E-state index in [9.17, 15) is 14.4 Å². The number of hydrogen-bond donors (Lipinski definition) is 2. The van der Waals surface area contributed by atoms with Gasteiger partial charge in [0.1, 0.15) is 6.04 Å². The van der Waals surface area contributed by atoms with Crippen LogP contribution in [-0.4, -0.2) is 55.6 Å². The third-order valence-electron chi connectivity index (χ3n) is 5.27. The zero-order chi connectivity index (χ0) is 21.7. The van der Waals surface area contributed by atoms with Gasteiger partial charge in [-0.2, -0.15) is 0 Å². The number of benzene rings is 2. The molecule has 8 heteroatoms. The largest absolute Gasteiger partial charge is 0.465 e. The lowest BCUT2D eigenvalue weighted by atomic mass is 10.0. The fourth-order valence-corrected chi connectivity index (χ4v) is 3.83. The number of esters is 1. The highest BCUT2D eigenvalue weighted by Gasteiger charge is 2.35. The van der Waals surface area contributed by atoms with Gasteiger partial charge in [0.05, 0.1) is 12.7 Å². The van der Waals surface area contributed by atoms with Gasteiger partial charge >= 0.3 is 12.0 Å². The summed E-state index contributed by atoms with van der Waals surface area (Å²) in [7, 11) is 1.36. The Morgan fingerprint density at radius 3 is 2.30 bits per heavy atom. The fourth-order valence-electron chi connectivity index (χ4n) is 3.83. The number of ether oxygens (including phenoxy) is 1. The highest BCUT2D eigenvalue weighted by atomic mass is 16.5. The average Bonchev–Trinajstić information content (AvgIpc) is 2.75. The summed E-state index contributed by atoms with van der Waals surface area (Å²) in [5, 5.41) is 2.23. The van der Waals surface area contributed by atoms with Crippen LogP contribution in [0.15, 0.2) is 54.6 Å². The minimum atomic E-state index is -0.863. The van der Waals surface area contributed by atoms with E-state index in [2.05, 4.69) is 15.1 Å². The van der Waals surface area contributed by atoms with Crippen LogP contribution in [-0.2, 0) is 9.53 Å². The summed E-state index contributed by atoms with van der Waals surface area (Å²) >= 11 is 0. The van der Waals surface area contributed by atoms with Crippen molar-refractivity contribution in [3.05, 3.63) is 65.7 Å². The number of carbonyl (C=O) groups excluding carboxylic acids is 3. The lowest BCUT2D eigenvalue weighted by Gasteiger charge is -2.44. The van der Waals surface area contributed by atoms with E-state index >= 15 is 0 Å². The average molecular weight is 410 g/mol. The Bertz CT molecular complexity index is 901. The molecular weight excluding hydrogens is 384 g/mol. The molecule has 30 heavy (non-hydrogen) atoms. The van der Waals surface area contributed by atoms with E-state index in [0.29, 0.717) is 25.2 Å². The summed E-state index contributed by atoms with van der Waals surface area (Å²) in [5.74, 6) is -0.803. The molecule has 0 radical (unpaired) electrons. The van der Waals surface area contributed by atoms with Crippen LogP contribution in [0.25, 0.3) is 0 Å². The number of nitrogens with zero attached hydrogens (tertiary/aromatic N) is 2. The van der Waals surface area contributed by atoms with Crippen molar-refractivity contribution in [2.24, 2.45) is 5.73 Å². The minimum Gasteiger partial charge on any atom is -0.465 e. The van der Waals surface area contributed by atoms with Crippen LogP contribution in [0.5, 0.6) is 0 Å². The first kappa shape index (κ1) is 21.3. The van der Waals surface area contributed by atoms with Crippen molar-refractivity contribution in [3.63, 3.8) is 0 Å². The molecule has 1 aliphatic rings. The number of carbonyl (C=O) groups is 3. The summed E-state index contributed by atoms with van der Waals surface area (Å²) < 4.78 is 4.74. The monoisotopic (exact) mass is 410 g/mol. The first-order valence-electron chi connectivity index (χ1n) is 9.75. The van der Waals surface area contributed by atoms with Crippen LogP contribution in [0, 0.1) is 0 Å². The Labute approximate surface area is 175 Å². The molecule has 0 bridgehead atoms. The van der Waals surface area contributed by atoms with Crippen LogP contribution < -0.4 is 16.0 Å². The number of piperazine rings is 1. The van der Waals surface area contributed by atoms with Crippen molar-refractivity contribution < 1.29 is 19.1 Å². The third-order valence-corrected chi connectivity index (χ3v) is 5.27. The molecule has 0 spiro atoms. The predicted molar refractivity (Wildman–Crippen MR) is 113 cm³/mol. The highest BCUT2D eigenvalue weighted by molar-refractivity contribution is 5.96. The molecule has 1 aliphatic heterocycles. The number of primary amides is 1. The molecule has 0 saturated carbocycles. The molecule has 1 heterocycles. The van der Waals surface area contributed by atoms with Crippen LogP contribution in [0.3, 0.4) is 0 Å². The van der Waals surface area contributed by atoms with Crippen LogP contribution in [0.2, 0.25) is 0 Å². The Kier molecular flexibility index (Phi) is 6.68. The molecule has 158 valence electrons. The van der Waals surface area contributed by atoms with Crippen molar-refractivity contribution in [2.45, 2.75) is 19.0 Å². The van der Waals surface area contributed by atoms with Gasteiger partial charge in [-0.1, -0.05) is 30.3 Å². The summed E-state index contributed by atoms with van der Waals surface area (Å²) in [6.07, 6.45) is 0. The van der Waals surface area contributed by atoms with E-state index in [1.54, 1.807) is 12.1 Å². The van der Waals surface area contributed by atoms with E-state index in [-0.39, 0.29) is 12.0 Å². The number of imide groups is 1. The van der Waals surface area contributed by atoms with E-state index in [4.69, 9.17) is 10.5 Å². The standard InChI is InChI=1S/C22H26N4O4/c1-15-14-25(18-10-8-17(9-11-18)21(28)30-2)12-13-26(15)19(20(27)24-22(23)29)16-6-4-3-5-7-16/h3-11,15,19H,12-14H2,1-2H3,(H3,23,24,27,29). The Balaban J connectivity index is 1.77. The van der Waals surface area contributed by atoms with Gasteiger partial charge in [-0.05, 0) is 36.8 Å². The molecule has 2 aromatic carbocycles. The second-order valence-electron chi connectivity index (χ2n) is 7.24. The van der Waals surface area contributed by atoms with Crippen molar-refractivity contribution in [1.82, 2.24) is 10.2 Å².